The second-order valence-corrected chi connectivity index (χ2v) is 9.76. The van der Waals surface area contributed by atoms with Gasteiger partial charge in [0.1, 0.15) is 22.9 Å². The van der Waals surface area contributed by atoms with Crippen molar-refractivity contribution >= 4 is 23.4 Å². The van der Waals surface area contributed by atoms with E-state index in [0.29, 0.717) is 19.0 Å². The number of aromatic nitrogens is 2. The van der Waals surface area contributed by atoms with Crippen molar-refractivity contribution in [1.82, 2.24) is 20.2 Å². The Morgan fingerprint density at radius 1 is 1.21 bits per heavy atom. The monoisotopic (exact) mass is 540 g/mol. The molecular formula is C26H36F4N6O2. The number of ether oxygens (including phenoxy) is 1. The smallest absolute Gasteiger partial charge is 0.421 e. The molecule has 0 radical (unpaired) electrons. The van der Waals surface area contributed by atoms with Gasteiger partial charge in [0.25, 0.3) is 5.91 Å². The fraction of sp³-hybridized carbons (Fsp3) is 0.577. The number of anilines is 3. The van der Waals surface area contributed by atoms with E-state index in [4.69, 9.17) is 4.74 Å². The average molecular weight is 541 g/mol. The minimum Gasteiger partial charge on any atom is -0.495 e. The number of methoxy groups -OCH3 is 1. The zero-order valence-corrected chi connectivity index (χ0v) is 22.2. The van der Waals surface area contributed by atoms with Crippen molar-refractivity contribution in [3.8, 4) is 5.75 Å². The van der Waals surface area contributed by atoms with Crippen molar-refractivity contribution in [1.29, 1.82) is 0 Å². The predicted molar refractivity (Wildman–Crippen MR) is 138 cm³/mol. The van der Waals surface area contributed by atoms with Crippen molar-refractivity contribution in [2.24, 2.45) is 0 Å². The molecule has 1 heterocycles. The molecule has 0 saturated heterocycles. The molecule has 1 aliphatic carbocycles. The summed E-state index contributed by atoms with van der Waals surface area (Å²) in [6, 6.07) is 2.03. The van der Waals surface area contributed by atoms with Crippen molar-refractivity contribution in [2.45, 2.75) is 70.1 Å². The normalized spacial score (nSPS) is 15.3. The number of rotatable bonds is 11. The summed E-state index contributed by atoms with van der Waals surface area (Å²) in [5.74, 6) is -1.78. The lowest BCUT2D eigenvalue weighted by Gasteiger charge is -2.25. The first-order chi connectivity index (χ1) is 18.0. The molecule has 1 aromatic carbocycles. The molecule has 0 bridgehead atoms. The number of nitrogens with one attached hydrogen (secondary N) is 3. The molecule has 2 aromatic rings. The van der Waals surface area contributed by atoms with Gasteiger partial charge >= 0.3 is 6.18 Å². The summed E-state index contributed by atoms with van der Waals surface area (Å²) in [5, 5.41) is 8.50. The fourth-order valence-electron chi connectivity index (χ4n) is 4.37. The van der Waals surface area contributed by atoms with E-state index < -0.39 is 23.5 Å². The van der Waals surface area contributed by atoms with E-state index in [1.807, 2.05) is 25.9 Å². The molecule has 3 rings (SSSR count). The molecule has 1 aliphatic rings. The van der Waals surface area contributed by atoms with E-state index in [2.05, 4.69) is 25.9 Å². The van der Waals surface area contributed by atoms with Crippen LogP contribution in [0.5, 0.6) is 5.75 Å². The van der Waals surface area contributed by atoms with Gasteiger partial charge in [-0.15, -0.1) is 0 Å². The van der Waals surface area contributed by atoms with Crippen LogP contribution in [0.25, 0.3) is 0 Å². The standard InChI is InChI=1S/C26H36F4N6O2/c1-5-16(11-12-36(2)3)33-24(37)18-13-22(38-4)21(14-20(18)27)34-25-31-15-19(26(28,29)30)23(35-25)32-17-9-7-6-8-10-17/h13-17H,5-12H2,1-4H3,(H,33,37)(H2,31,32,34,35). The third-order valence-corrected chi connectivity index (χ3v) is 6.57. The summed E-state index contributed by atoms with van der Waals surface area (Å²) >= 11 is 0. The van der Waals surface area contributed by atoms with E-state index in [9.17, 15) is 18.0 Å². The highest BCUT2D eigenvalue weighted by atomic mass is 19.4. The Morgan fingerprint density at radius 3 is 2.53 bits per heavy atom. The largest absolute Gasteiger partial charge is 0.495 e. The van der Waals surface area contributed by atoms with Gasteiger partial charge in [0.05, 0.1) is 18.4 Å². The van der Waals surface area contributed by atoms with Gasteiger partial charge in [-0.1, -0.05) is 26.2 Å². The van der Waals surface area contributed by atoms with Crippen LogP contribution >= 0.6 is 0 Å². The average Bonchev–Trinajstić information content (AvgIpc) is 2.86. The van der Waals surface area contributed by atoms with Crippen LogP contribution in [0.15, 0.2) is 18.3 Å². The molecule has 210 valence electrons. The lowest BCUT2D eigenvalue weighted by molar-refractivity contribution is -0.137. The molecule has 1 saturated carbocycles. The highest BCUT2D eigenvalue weighted by molar-refractivity contribution is 5.96. The molecule has 3 N–H and O–H groups in total. The van der Waals surface area contributed by atoms with Gasteiger partial charge in [0.2, 0.25) is 5.95 Å². The van der Waals surface area contributed by atoms with Crippen LogP contribution in [0, 0.1) is 5.82 Å². The molecule has 12 heteroatoms. The second-order valence-electron chi connectivity index (χ2n) is 9.76. The quantitative estimate of drug-likeness (QED) is 0.320. The first-order valence-corrected chi connectivity index (χ1v) is 12.8. The Bertz CT molecular complexity index is 1090. The van der Waals surface area contributed by atoms with Gasteiger partial charge in [-0.25, -0.2) is 9.37 Å². The van der Waals surface area contributed by atoms with Crippen LogP contribution in [0.1, 0.15) is 67.8 Å². The summed E-state index contributed by atoms with van der Waals surface area (Å²) in [4.78, 5) is 22.7. The van der Waals surface area contributed by atoms with Gasteiger partial charge in [0, 0.05) is 24.3 Å². The fourth-order valence-corrected chi connectivity index (χ4v) is 4.37. The summed E-state index contributed by atoms with van der Waals surface area (Å²) in [6.07, 6.45) is 1.86. The van der Waals surface area contributed by atoms with Gasteiger partial charge in [-0.3, -0.25) is 4.79 Å². The number of alkyl halides is 3. The molecule has 8 nitrogen and oxygen atoms in total. The van der Waals surface area contributed by atoms with Crippen LogP contribution in [0.3, 0.4) is 0 Å². The predicted octanol–water partition coefficient (Wildman–Crippen LogP) is 5.59. The zero-order valence-electron chi connectivity index (χ0n) is 22.2. The van der Waals surface area contributed by atoms with Crippen LogP contribution in [0.2, 0.25) is 0 Å². The van der Waals surface area contributed by atoms with E-state index in [0.717, 1.165) is 44.7 Å². The Morgan fingerprint density at radius 2 is 1.92 bits per heavy atom. The third kappa shape index (κ3) is 7.92. The second kappa shape index (κ2) is 13.1. The van der Waals surface area contributed by atoms with Gasteiger partial charge in [0.15, 0.2) is 0 Å². The maximum atomic E-state index is 15.0. The first-order valence-electron chi connectivity index (χ1n) is 12.8. The zero-order chi connectivity index (χ0) is 27.9. The first kappa shape index (κ1) is 29.4. The van der Waals surface area contributed by atoms with Crippen molar-refractivity contribution in [2.75, 3.05) is 38.4 Å². The number of carbonyl (C=O) groups excluding carboxylic acids is 1. The highest BCUT2D eigenvalue weighted by Crippen LogP contribution is 2.36. The van der Waals surface area contributed by atoms with Crippen molar-refractivity contribution < 1.29 is 27.1 Å². The maximum absolute atomic E-state index is 15.0. The van der Waals surface area contributed by atoms with Gasteiger partial charge < -0.3 is 25.6 Å². The van der Waals surface area contributed by atoms with Gasteiger partial charge in [-0.2, -0.15) is 18.2 Å². The molecule has 1 atom stereocenters. The number of amides is 1. The van der Waals surface area contributed by atoms with E-state index >= 15 is 4.39 Å². The Balaban J connectivity index is 1.83. The van der Waals surface area contributed by atoms with E-state index in [1.54, 1.807) is 0 Å². The highest BCUT2D eigenvalue weighted by Gasteiger charge is 2.36. The number of nitrogens with zero attached hydrogens (tertiary/aromatic N) is 3. The van der Waals surface area contributed by atoms with Crippen LogP contribution in [-0.2, 0) is 6.18 Å². The Hall–Kier alpha value is -3.15. The topological polar surface area (TPSA) is 91.4 Å². The van der Waals surface area contributed by atoms with Crippen LogP contribution < -0.4 is 20.7 Å². The summed E-state index contributed by atoms with van der Waals surface area (Å²) in [7, 11) is 5.20. The molecule has 1 aromatic heterocycles. The molecule has 0 aliphatic heterocycles. The molecule has 1 amide bonds. The maximum Gasteiger partial charge on any atom is 0.421 e. The molecule has 1 fully saturated rings. The summed E-state index contributed by atoms with van der Waals surface area (Å²) < 4.78 is 61.2. The van der Waals surface area contributed by atoms with Crippen LogP contribution in [0.4, 0.5) is 35.0 Å². The lowest BCUT2D eigenvalue weighted by Crippen LogP contribution is -2.37. The number of halogens is 4. The molecule has 38 heavy (non-hydrogen) atoms. The SMILES string of the molecule is CCC(CCN(C)C)NC(=O)c1cc(OC)c(Nc2ncc(C(F)(F)F)c(NC3CCCCC3)n2)cc1F. The summed E-state index contributed by atoms with van der Waals surface area (Å²) in [6.45, 7) is 2.70. The van der Waals surface area contributed by atoms with Crippen LogP contribution in [-0.4, -0.2) is 60.6 Å². The molecule has 0 spiro atoms. The van der Waals surface area contributed by atoms with Crippen molar-refractivity contribution in [3.63, 3.8) is 0 Å². The van der Waals surface area contributed by atoms with Crippen molar-refractivity contribution in [3.05, 3.63) is 35.3 Å². The number of benzene rings is 1. The minimum absolute atomic E-state index is 0.0737. The lowest BCUT2D eigenvalue weighted by atomic mass is 9.95. The van der Waals surface area contributed by atoms with E-state index in [-0.39, 0.29) is 40.9 Å². The van der Waals surface area contributed by atoms with Gasteiger partial charge in [-0.05, 0) is 52.4 Å². The molecular weight excluding hydrogens is 504 g/mol. The third-order valence-electron chi connectivity index (χ3n) is 6.57. The number of carbonyl (C=O) groups is 1. The Labute approximate surface area is 220 Å². The number of hydrogen-bond donors (Lipinski definition) is 3. The molecule has 1 unspecified atom stereocenters. The number of hydrogen-bond acceptors (Lipinski definition) is 7. The Kier molecular flexibility index (Phi) is 10.1. The van der Waals surface area contributed by atoms with E-state index in [1.165, 1.54) is 13.2 Å². The summed E-state index contributed by atoms with van der Waals surface area (Å²) in [5.41, 5.74) is -1.10. The minimum atomic E-state index is -4.64.